The van der Waals surface area contributed by atoms with Crippen molar-refractivity contribution in [3.8, 4) is 0 Å². The Hall–Kier alpha value is -0.930. The van der Waals surface area contributed by atoms with Gasteiger partial charge >= 0.3 is 0 Å². The molecular weight excluding hydrogens is 197 g/mol. The minimum Gasteiger partial charge on any atom is -0.330 e. The van der Waals surface area contributed by atoms with E-state index in [1.165, 1.54) is 17.0 Å². The van der Waals surface area contributed by atoms with E-state index >= 15 is 0 Å². The van der Waals surface area contributed by atoms with Crippen LogP contribution in [-0.4, -0.2) is 6.54 Å². The van der Waals surface area contributed by atoms with E-state index < -0.39 is 0 Å². The molecule has 0 spiro atoms. The molecule has 2 N–H and O–H groups in total. The van der Waals surface area contributed by atoms with Gasteiger partial charge in [-0.3, -0.25) is 0 Å². The molecule has 0 aliphatic rings. The third kappa shape index (κ3) is 1.79. The van der Waals surface area contributed by atoms with Gasteiger partial charge in [0, 0.05) is 4.70 Å². The van der Waals surface area contributed by atoms with Gasteiger partial charge in [-0.05, 0) is 47.8 Å². The summed E-state index contributed by atoms with van der Waals surface area (Å²) in [6.45, 7) is 0.707. The number of hydrogen-bond acceptors (Lipinski definition) is 2. The lowest BCUT2D eigenvalue weighted by Gasteiger charge is -1.97. The Balaban J connectivity index is 2.37. The Morgan fingerprint density at radius 2 is 2.21 bits per heavy atom. The predicted octanol–water partition coefficient (Wildman–Crippen LogP) is 2.93. The van der Waals surface area contributed by atoms with Crippen molar-refractivity contribution >= 4 is 21.4 Å². The SMILES string of the molecule is NCCCc1csc2cc(F)ccc12. The zero-order valence-electron chi connectivity index (χ0n) is 7.79. The molecule has 0 bridgehead atoms. The lowest BCUT2D eigenvalue weighted by molar-refractivity contribution is 0.630. The molecule has 0 radical (unpaired) electrons. The summed E-state index contributed by atoms with van der Waals surface area (Å²) < 4.78 is 13.9. The molecule has 74 valence electrons. The number of rotatable bonds is 3. The van der Waals surface area contributed by atoms with Crippen molar-refractivity contribution in [2.45, 2.75) is 12.8 Å². The molecule has 2 rings (SSSR count). The summed E-state index contributed by atoms with van der Waals surface area (Å²) in [5, 5.41) is 3.27. The molecule has 0 saturated carbocycles. The van der Waals surface area contributed by atoms with Crippen LogP contribution in [0.4, 0.5) is 4.39 Å². The van der Waals surface area contributed by atoms with Crippen molar-refractivity contribution in [3.05, 3.63) is 35.0 Å². The second-order valence-corrected chi connectivity index (χ2v) is 4.20. The van der Waals surface area contributed by atoms with Gasteiger partial charge in [0.05, 0.1) is 0 Å². The number of fused-ring (bicyclic) bond motifs is 1. The van der Waals surface area contributed by atoms with E-state index in [0.717, 1.165) is 17.5 Å². The Bertz CT molecular complexity index is 436. The molecule has 1 aromatic heterocycles. The summed E-state index contributed by atoms with van der Waals surface area (Å²) >= 11 is 1.60. The van der Waals surface area contributed by atoms with Crippen molar-refractivity contribution in [3.63, 3.8) is 0 Å². The topological polar surface area (TPSA) is 26.0 Å². The van der Waals surface area contributed by atoms with Gasteiger partial charge in [-0.2, -0.15) is 0 Å². The number of halogens is 1. The van der Waals surface area contributed by atoms with Crippen LogP contribution in [0.5, 0.6) is 0 Å². The fraction of sp³-hybridized carbons (Fsp3) is 0.273. The van der Waals surface area contributed by atoms with Crippen molar-refractivity contribution in [2.24, 2.45) is 5.73 Å². The molecule has 1 nitrogen and oxygen atoms in total. The molecule has 1 aromatic carbocycles. The number of nitrogens with two attached hydrogens (primary N) is 1. The van der Waals surface area contributed by atoms with E-state index in [9.17, 15) is 4.39 Å². The van der Waals surface area contributed by atoms with Crippen molar-refractivity contribution < 1.29 is 4.39 Å². The van der Waals surface area contributed by atoms with E-state index in [-0.39, 0.29) is 5.82 Å². The summed E-state index contributed by atoms with van der Waals surface area (Å²) in [7, 11) is 0. The smallest absolute Gasteiger partial charge is 0.124 e. The highest BCUT2D eigenvalue weighted by atomic mass is 32.1. The van der Waals surface area contributed by atoms with Gasteiger partial charge in [0.1, 0.15) is 5.82 Å². The molecule has 0 unspecified atom stereocenters. The zero-order chi connectivity index (χ0) is 9.97. The van der Waals surface area contributed by atoms with Crippen LogP contribution in [0.25, 0.3) is 10.1 Å². The average molecular weight is 209 g/mol. The second-order valence-electron chi connectivity index (χ2n) is 3.29. The van der Waals surface area contributed by atoms with E-state index in [1.54, 1.807) is 17.4 Å². The maximum atomic E-state index is 12.9. The molecule has 0 aliphatic carbocycles. The van der Waals surface area contributed by atoms with Gasteiger partial charge in [0.25, 0.3) is 0 Å². The van der Waals surface area contributed by atoms with E-state index in [0.29, 0.717) is 6.54 Å². The van der Waals surface area contributed by atoms with Crippen LogP contribution in [0.3, 0.4) is 0 Å². The van der Waals surface area contributed by atoms with Crippen LogP contribution in [0.1, 0.15) is 12.0 Å². The first-order valence-electron chi connectivity index (χ1n) is 4.67. The summed E-state index contributed by atoms with van der Waals surface area (Å²) in [6, 6.07) is 4.96. The van der Waals surface area contributed by atoms with Gasteiger partial charge in [0.15, 0.2) is 0 Å². The number of benzene rings is 1. The normalized spacial score (nSPS) is 11.0. The molecular formula is C11H12FNS. The quantitative estimate of drug-likeness (QED) is 0.826. The van der Waals surface area contributed by atoms with Gasteiger partial charge in [-0.25, -0.2) is 4.39 Å². The highest BCUT2D eigenvalue weighted by Crippen LogP contribution is 2.27. The zero-order valence-corrected chi connectivity index (χ0v) is 8.61. The third-order valence-corrected chi connectivity index (χ3v) is 3.26. The standard InChI is InChI=1S/C11H12FNS/c12-9-3-4-10-8(2-1-5-13)7-14-11(10)6-9/h3-4,6-7H,1-2,5,13H2. The van der Waals surface area contributed by atoms with Gasteiger partial charge in [-0.1, -0.05) is 6.07 Å². The number of hydrogen-bond donors (Lipinski definition) is 1. The molecule has 1 heterocycles. The average Bonchev–Trinajstić information content (AvgIpc) is 2.57. The van der Waals surface area contributed by atoms with Crippen molar-refractivity contribution in [1.29, 1.82) is 0 Å². The van der Waals surface area contributed by atoms with Gasteiger partial charge in [0.2, 0.25) is 0 Å². The van der Waals surface area contributed by atoms with Gasteiger partial charge < -0.3 is 5.73 Å². The molecule has 3 heteroatoms. The van der Waals surface area contributed by atoms with Crippen molar-refractivity contribution in [2.75, 3.05) is 6.54 Å². The Labute approximate surface area is 86.4 Å². The highest BCUT2D eigenvalue weighted by Gasteiger charge is 2.03. The maximum Gasteiger partial charge on any atom is 0.124 e. The molecule has 0 fully saturated rings. The van der Waals surface area contributed by atoms with Crippen LogP contribution >= 0.6 is 11.3 Å². The number of thiophene rings is 1. The summed E-state index contributed by atoms with van der Waals surface area (Å²) in [6.07, 6.45) is 1.98. The minimum absolute atomic E-state index is 0.162. The summed E-state index contributed by atoms with van der Waals surface area (Å²) in [4.78, 5) is 0. The fourth-order valence-electron chi connectivity index (χ4n) is 1.54. The van der Waals surface area contributed by atoms with E-state index in [4.69, 9.17) is 5.73 Å². The van der Waals surface area contributed by atoms with Crippen LogP contribution in [0.15, 0.2) is 23.6 Å². The van der Waals surface area contributed by atoms with Crippen molar-refractivity contribution in [1.82, 2.24) is 0 Å². The Kier molecular flexibility index (Phi) is 2.79. The molecule has 2 aromatic rings. The molecule has 0 atom stereocenters. The summed E-state index contributed by atoms with van der Waals surface area (Å²) in [5.41, 5.74) is 6.74. The first-order chi connectivity index (χ1) is 6.81. The first kappa shape index (κ1) is 9.62. The fourth-order valence-corrected chi connectivity index (χ4v) is 2.56. The lowest BCUT2D eigenvalue weighted by atomic mass is 10.1. The monoisotopic (exact) mass is 209 g/mol. The predicted molar refractivity (Wildman–Crippen MR) is 59.2 cm³/mol. The molecule has 0 aliphatic heterocycles. The highest BCUT2D eigenvalue weighted by molar-refractivity contribution is 7.17. The Morgan fingerprint density at radius 3 is 3.00 bits per heavy atom. The van der Waals surface area contributed by atoms with Crippen LogP contribution in [0, 0.1) is 5.82 Å². The molecule has 14 heavy (non-hydrogen) atoms. The minimum atomic E-state index is -0.162. The van der Waals surface area contributed by atoms with E-state index in [2.05, 4.69) is 5.38 Å². The van der Waals surface area contributed by atoms with Crippen LogP contribution in [-0.2, 0) is 6.42 Å². The third-order valence-electron chi connectivity index (χ3n) is 2.27. The maximum absolute atomic E-state index is 12.9. The Morgan fingerprint density at radius 1 is 1.36 bits per heavy atom. The first-order valence-corrected chi connectivity index (χ1v) is 5.55. The number of aryl methyl sites for hydroxylation is 1. The van der Waals surface area contributed by atoms with Crippen LogP contribution < -0.4 is 5.73 Å². The van der Waals surface area contributed by atoms with Crippen LogP contribution in [0.2, 0.25) is 0 Å². The van der Waals surface area contributed by atoms with Gasteiger partial charge in [-0.15, -0.1) is 11.3 Å². The largest absolute Gasteiger partial charge is 0.330 e. The molecule has 0 amide bonds. The second kappa shape index (κ2) is 4.07. The van der Waals surface area contributed by atoms with E-state index in [1.807, 2.05) is 6.07 Å². The molecule has 0 saturated heterocycles. The summed E-state index contributed by atoms with van der Waals surface area (Å²) in [5.74, 6) is -0.162. The lowest BCUT2D eigenvalue weighted by Crippen LogP contribution is -1.99.